The highest BCUT2D eigenvalue weighted by atomic mass is 79.9. The summed E-state index contributed by atoms with van der Waals surface area (Å²) in [5, 5.41) is 7.03. The van der Waals surface area contributed by atoms with Crippen LogP contribution in [0.5, 0.6) is 0 Å². The van der Waals surface area contributed by atoms with Crippen molar-refractivity contribution in [3.8, 4) is 12.3 Å². The van der Waals surface area contributed by atoms with Gasteiger partial charge in [-0.2, -0.15) is 5.10 Å². The lowest BCUT2D eigenvalue weighted by molar-refractivity contribution is -0.129. The first-order valence-corrected chi connectivity index (χ1v) is 7.63. The summed E-state index contributed by atoms with van der Waals surface area (Å²) in [5.74, 6) is 2.51. The van der Waals surface area contributed by atoms with Gasteiger partial charge in [0, 0.05) is 26.1 Å². The second-order valence-electron chi connectivity index (χ2n) is 4.80. The van der Waals surface area contributed by atoms with Crippen LogP contribution in [0.3, 0.4) is 0 Å². The van der Waals surface area contributed by atoms with E-state index < -0.39 is 0 Å². The number of hydrogen-bond donors (Lipinski definition) is 1. The highest BCUT2D eigenvalue weighted by Gasteiger charge is 2.17. The van der Waals surface area contributed by atoms with Gasteiger partial charge in [0.15, 0.2) is 0 Å². The third kappa shape index (κ3) is 3.85. The number of terminal acetylenes is 1. The molecule has 112 valence electrons. The van der Waals surface area contributed by atoms with Gasteiger partial charge in [0.2, 0.25) is 5.91 Å². The average Bonchev–Trinajstić information content (AvgIpc) is 3.00. The lowest BCUT2D eigenvalue weighted by Crippen LogP contribution is -2.29. The van der Waals surface area contributed by atoms with Crippen molar-refractivity contribution >= 4 is 27.5 Å². The van der Waals surface area contributed by atoms with Crippen molar-refractivity contribution in [3.05, 3.63) is 21.0 Å². The number of hydrogen-bond acceptors (Lipinski definition) is 4. The zero-order chi connectivity index (χ0) is 15.2. The van der Waals surface area contributed by atoms with Crippen molar-refractivity contribution in [3.63, 3.8) is 0 Å². The number of rotatable bonds is 5. The molecule has 0 spiro atoms. The molecule has 7 heteroatoms. The quantitative estimate of drug-likeness (QED) is 0.804. The number of amides is 1. The SMILES string of the molecule is C#CCn1ncc(NCCC(=O)N2CCCC2)c(Br)c1=O. The van der Waals surface area contributed by atoms with E-state index in [1.807, 2.05) is 4.90 Å². The molecule has 1 saturated heterocycles. The van der Waals surface area contributed by atoms with Crippen molar-refractivity contribution in [2.24, 2.45) is 0 Å². The minimum absolute atomic E-state index is 0.130. The van der Waals surface area contributed by atoms with Crippen LogP contribution in [0.4, 0.5) is 5.69 Å². The molecule has 0 aromatic carbocycles. The second kappa shape index (κ2) is 7.27. The zero-order valence-electron chi connectivity index (χ0n) is 11.6. The summed E-state index contributed by atoms with van der Waals surface area (Å²) in [7, 11) is 0. The van der Waals surface area contributed by atoms with Gasteiger partial charge in [-0.3, -0.25) is 9.59 Å². The maximum atomic E-state index is 11.9. The molecule has 1 amide bonds. The van der Waals surface area contributed by atoms with Gasteiger partial charge in [0.05, 0.1) is 11.9 Å². The van der Waals surface area contributed by atoms with Crippen LogP contribution < -0.4 is 10.9 Å². The van der Waals surface area contributed by atoms with Gasteiger partial charge in [-0.15, -0.1) is 6.42 Å². The van der Waals surface area contributed by atoms with Crippen molar-refractivity contribution in [2.45, 2.75) is 25.8 Å². The number of carbonyl (C=O) groups is 1. The molecule has 6 nitrogen and oxygen atoms in total. The lowest BCUT2D eigenvalue weighted by Gasteiger charge is -2.15. The molecular weight excluding hydrogens is 336 g/mol. The fraction of sp³-hybridized carbons (Fsp3) is 0.500. The number of nitrogens with one attached hydrogen (secondary N) is 1. The van der Waals surface area contributed by atoms with E-state index >= 15 is 0 Å². The van der Waals surface area contributed by atoms with Crippen molar-refractivity contribution in [2.75, 3.05) is 25.0 Å². The minimum Gasteiger partial charge on any atom is -0.382 e. The Bertz CT molecular complexity index is 614. The van der Waals surface area contributed by atoms with Crippen LogP contribution in [0.15, 0.2) is 15.5 Å². The summed E-state index contributed by atoms with van der Waals surface area (Å²) >= 11 is 3.23. The van der Waals surface area contributed by atoms with Gasteiger partial charge in [-0.1, -0.05) is 5.92 Å². The first-order valence-electron chi connectivity index (χ1n) is 6.84. The topological polar surface area (TPSA) is 67.2 Å². The Morgan fingerprint density at radius 2 is 2.19 bits per heavy atom. The number of nitrogens with zero attached hydrogens (tertiary/aromatic N) is 3. The predicted octanol–water partition coefficient (Wildman–Crippen LogP) is 1.06. The molecule has 1 aromatic heterocycles. The van der Waals surface area contributed by atoms with Gasteiger partial charge in [-0.25, -0.2) is 4.68 Å². The normalized spacial score (nSPS) is 14.0. The number of carbonyl (C=O) groups excluding carboxylic acids is 1. The van der Waals surface area contributed by atoms with Crippen LogP contribution >= 0.6 is 15.9 Å². The largest absolute Gasteiger partial charge is 0.382 e. The molecule has 0 saturated carbocycles. The Hall–Kier alpha value is -1.81. The van der Waals surface area contributed by atoms with Gasteiger partial charge in [0.1, 0.15) is 11.0 Å². The summed E-state index contributed by atoms with van der Waals surface area (Å²) in [4.78, 5) is 25.7. The average molecular weight is 353 g/mol. The summed E-state index contributed by atoms with van der Waals surface area (Å²) in [6, 6.07) is 0. The van der Waals surface area contributed by atoms with Crippen LogP contribution in [0.1, 0.15) is 19.3 Å². The number of anilines is 1. The Labute approximate surface area is 131 Å². The summed E-state index contributed by atoms with van der Waals surface area (Å²) < 4.78 is 1.58. The van der Waals surface area contributed by atoms with E-state index in [-0.39, 0.29) is 18.0 Å². The molecule has 1 fully saturated rings. The maximum absolute atomic E-state index is 11.9. The highest BCUT2D eigenvalue weighted by molar-refractivity contribution is 9.10. The van der Waals surface area contributed by atoms with Crippen molar-refractivity contribution in [1.82, 2.24) is 14.7 Å². The van der Waals surface area contributed by atoms with Crippen LogP contribution in [0, 0.1) is 12.3 Å². The van der Waals surface area contributed by atoms with E-state index in [1.54, 1.807) is 0 Å². The molecule has 0 aliphatic carbocycles. The fourth-order valence-electron chi connectivity index (χ4n) is 2.22. The van der Waals surface area contributed by atoms with E-state index in [2.05, 4.69) is 32.3 Å². The fourth-order valence-corrected chi connectivity index (χ4v) is 2.66. The molecule has 1 N–H and O–H groups in total. The second-order valence-corrected chi connectivity index (χ2v) is 5.60. The number of halogens is 1. The van der Waals surface area contributed by atoms with Crippen LogP contribution in [-0.2, 0) is 11.3 Å². The molecular formula is C14H17BrN4O2. The van der Waals surface area contributed by atoms with E-state index in [4.69, 9.17) is 6.42 Å². The predicted molar refractivity (Wildman–Crippen MR) is 84.0 cm³/mol. The minimum atomic E-state index is -0.288. The molecule has 0 radical (unpaired) electrons. The van der Waals surface area contributed by atoms with Crippen LogP contribution in [0.2, 0.25) is 0 Å². The van der Waals surface area contributed by atoms with Crippen molar-refractivity contribution in [1.29, 1.82) is 0 Å². The third-order valence-corrected chi connectivity index (χ3v) is 4.11. The van der Waals surface area contributed by atoms with Crippen molar-refractivity contribution < 1.29 is 4.79 Å². The maximum Gasteiger partial charge on any atom is 0.284 e. The van der Waals surface area contributed by atoms with Gasteiger partial charge in [0.25, 0.3) is 5.56 Å². The molecule has 1 aliphatic rings. The Balaban J connectivity index is 1.91. The van der Waals surface area contributed by atoms with Crippen LogP contribution in [-0.4, -0.2) is 40.2 Å². The molecule has 0 unspecified atom stereocenters. The summed E-state index contributed by atoms with van der Waals surface area (Å²) in [5.41, 5.74) is 0.284. The van der Waals surface area contributed by atoms with Gasteiger partial charge < -0.3 is 10.2 Å². The zero-order valence-corrected chi connectivity index (χ0v) is 13.2. The molecule has 1 aromatic rings. The van der Waals surface area contributed by atoms with E-state index in [0.29, 0.717) is 23.1 Å². The summed E-state index contributed by atoms with van der Waals surface area (Å²) in [6.45, 7) is 2.30. The molecule has 1 aliphatic heterocycles. The molecule has 2 rings (SSSR count). The third-order valence-electron chi connectivity index (χ3n) is 3.34. The standard InChI is InChI=1S/C14H17BrN4O2/c1-2-7-19-14(21)13(15)11(10-17-19)16-6-5-12(20)18-8-3-4-9-18/h1,10,16H,3-9H2. The van der Waals surface area contributed by atoms with E-state index in [1.165, 1.54) is 10.9 Å². The molecule has 0 atom stereocenters. The Kier molecular flexibility index (Phi) is 5.39. The van der Waals surface area contributed by atoms with Gasteiger partial charge in [-0.05, 0) is 28.8 Å². The highest BCUT2D eigenvalue weighted by Crippen LogP contribution is 2.16. The number of aromatic nitrogens is 2. The van der Waals surface area contributed by atoms with Gasteiger partial charge >= 0.3 is 0 Å². The first-order chi connectivity index (χ1) is 10.1. The molecule has 2 heterocycles. The Morgan fingerprint density at radius 3 is 2.86 bits per heavy atom. The molecule has 0 bridgehead atoms. The lowest BCUT2D eigenvalue weighted by atomic mass is 10.3. The van der Waals surface area contributed by atoms with Crippen LogP contribution in [0.25, 0.3) is 0 Å². The monoisotopic (exact) mass is 352 g/mol. The van der Waals surface area contributed by atoms with E-state index in [0.717, 1.165) is 25.9 Å². The molecule has 21 heavy (non-hydrogen) atoms. The number of likely N-dealkylation sites (tertiary alicyclic amines) is 1. The van der Waals surface area contributed by atoms with E-state index in [9.17, 15) is 9.59 Å². The smallest absolute Gasteiger partial charge is 0.284 e. The Morgan fingerprint density at radius 1 is 1.48 bits per heavy atom. The summed E-state index contributed by atoms with van der Waals surface area (Å²) in [6.07, 6.45) is 9.27. The first kappa shape index (κ1) is 15.6.